The Morgan fingerprint density at radius 1 is 1.21 bits per heavy atom. The van der Waals surface area contributed by atoms with Crippen LogP contribution in [0.15, 0.2) is 18.2 Å². The molecule has 0 unspecified atom stereocenters. The average Bonchev–Trinajstić information content (AvgIpc) is 2.39. The molecular weight excluding hydrogens is 260 g/mol. The van der Waals surface area contributed by atoms with Crippen LogP contribution in [-0.2, 0) is 13.0 Å². The first-order valence-electron chi connectivity index (χ1n) is 6.31. The van der Waals surface area contributed by atoms with Crippen molar-refractivity contribution in [1.82, 2.24) is 19.9 Å². The smallest absolute Gasteiger partial charge is 0.179 e. The predicted octanol–water partition coefficient (Wildman–Crippen LogP) is 2.49. The third-order valence-corrected chi connectivity index (χ3v) is 3.63. The minimum absolute atomic E-state index is 0.551. The highest BCUT2D eigenvalue weighted by atomic mass is 35.5. The number of aromatic nitrogens is 3. The van der Waals surface area contributed by atoms with E-state index < -0.39 is 0 Å². The maximum absolute atomic E-state index is 6.30. The Morgan fingerprint density at radius 3 is 2.84 bits per heavy atom. The van der Waals surface area contributed by atoms with Gasteiger partial charge in [0, 0.05) is 30.8 Å². The molecule has 19 heavy (non-hydrogen) atoms. The van der Waals surface area contributed by atoms with Crippen molar-refractivity contribution in [3.63, 3.8) is 0 Å². The predicted molar refractivity (Wildman–Crippen MR) is 75.0 cm³/mol. The van der Waals surface area contributed by atoms with Crippen molar-refractivity contribution in [2.45, 2.75) is 19.9 Å². The van der Waals surface area contributed by atoms with Gasteiger partial charge >= 0.3 is 0 Å². The molecule has 0 N–H and O–H groups in total. The van der Waals surface area contributed by atoms with Crippen LogP contribution in [0.3, 0.4) is 0 Å². The third kappa shape index (κ3) is 2.46. The summed E-state index contributed by atoms with van der Waals surface area (Å²) >= 11 is 6.30. The monoisotopic (exact) mass is 274 g/mol. The summed E-state index contributed by atoms with van der Waals surface area (Å²) < 4.78 is 0. The number of aryl methyl sites for hydroxylation is 1. The van der Waals surface area contributed by atoms with Gasteiger partial charge in [-0.1, -0.05) is 17.7 Å². The Morgan fingerprint density at radius 2 is 2.05 bits per heavy atom. The van der Waals surface area contributed by atoms with E-state index in [2.05, 4.69) is 26.9 Å². The maximum Gasteiger partial charge on any atom is 0.179 e. The van der Waals surface area contributed by atoms with Crippen LogP contribution in [0.4, 0.5) is 0 Å². The van der Waals surface area contributed by atoms with Gasteiger partial charge in [-0.3, -0.25) is 0 Å². The second-order valence-corrected chi connectivity index (χ2v) is 5.27. The molecular formula is C14H15ClN4. The number of hydrogen-bond acceptors (Lipinski definition) is 4. The second kappa shape index (κ2) is 4.87. The lowest BCUT2D eigenvalue weighted by Gasteiger charge is -2.24. The molecule has 1 aliphatic rings. The van der Waals surface area contributed by atoms with Gasteiger partial charge in [-0.05, 0) is 26.1 Å². The van der Waals surface area contributed by atoms with E-state index in [-0.39, 0.29) is 0 Å². The number of rotatable bonds is 1. The van der Waals surface area contributed by atoms with Gasteiger partial charge in [-0.15, -0.1) is 0 Å². The zero-order valence-corrected chi connectivity index (χ0v) is 11.8. The third-order valence-electron chi connectivity index (χ3n) is 3.32. The van der Waals surface area contributed by atoms with Crippen LogP contribution in [0.1, 0.15) is 17.0 Å². The molecule has 0 atom stereocenters. The number of fused-ring (bicyclic) bond motifs is 1. The van der Waals surface area contributed by atoms with E-state index in [1.54, 1.807) is 0 Å². The van der Waals surface area contributed by atoms with Crippen LogP contribution in [0, 0.1) is 6.92 Å². The van der Waals surface area contributed by atoms with E-state index >= 15 is 0 Å². The highest BCUT2D eigenvalue weighted by Crippen LogP contribution is 2.25. The van der Waals surface area contributed by atoms with E-state index in [9.17, 15) is 0 Å². The van der Waals surface area contributed by atoms with Crippen molar-refractivity contribution in [1.29, 1.82) is 0 Å². The van der Waals surface area contributed by atoms with Crippen LogP contribution in [-0.4, -0.2) is 33.4 Å². The molecule has 3 heterocycles. The number of hydrogen-bond donors (Lipinski definition) is 0. The molecule has 0 saturated carbocycles. The Bertz CT molecular complexity index is 627. The minimum Gasteiger partial charge on any atom is -0.302 e. The van der Waals surface area contributed by atoms with Gasteiger partial charge in [-0.2, -0.15) is 0 Å². The van der Waals surface area contributed by atoms with Crippen LogP contribution < -0.4 is 0 Å². The van der Waals surface area contributed by atoms with Crippen molar-refractivity contribution < 1.29 is 0 Å². The Labute approximate surface area is 117 Å². The quantitative estimate of drug-likeness (QED) is 0.750. The van der Waals surface area contributed by atoms with Gasteiger partial charge in [0.25, 0.3) is 0 Å². The van der Waals surface area contributed by atoms with Crippen molar-refractivity contribution in [2.24, 2.45) is 0 Å². The summed E-state index contributed by atoms with van der Waals surface area (Å²) in [6.45, 7) is 3.77. The van der Waals surface area contributed by atoms with Crippen LogP contribution in [0.25, 0.3) is 11.5 Å². The van der Waals surface area contributed by atoms with E-state index in [0.29, 0.717) is 11.0 Å². The fraction of sp³-hybridized carbons (Fsp3) is 0.357. The molecule has 0 saturated heterocycles. The number of likely N-dealkylation sites (N-methyl/N-ethyl adjacent to an activating group) is 1. The standard InChI is InChI=1S/C14H15ClN4/c1-9-4-3-5-12(16-9)14-17-11-6-7-19(2)8-10(11)13(15)18-14/h3-5H,6-8H2,1-2H3. The molecule has 98 valence electrons. The molecule has 0 aliphatic carbocycles. The topological polar surface area (TPSA) is 41.9 Å². The minimum atomic E-state index is 0.551. The van der Waals surface area contributed by atoms with Crippen LogP contribution in [0.2, 0.25) is 5.15 Å². The normalized spacial score (nSPS) is 15.3. The van der Waals surface area contributed by atoms with Crippen LogP contribution >= 0.6 is 11.6 Å². The number of pyridine rings is 1. The molecule has 0 fully saturated rings. The molecule has 0 amide bonds. The van der Waals surface area contributed by atoms with Crippen molar-refractivity contribution in [2.75, 3.05) is 13.6 Å². The number of nitrogens with zero attached hydrogens (tertiary/aromatic N) is 4. The first-order chi connectivity index (χ1) is 9.13. The van der Waals surface area contributed by atoms with Gasteiger partial charge in [0.15, 0.2) is 5.82 Å². The summed E-state index contributed by atoms with van der Waals surface area (Å²) in [5.41, 5.74) is 3.83. The molecule has 0 aromatic carbocycles. The van der Waals surface area contributed by atoms with E-state index in [1.807, 2.05) is 25.1 Å². The van der Waals surface area contributed by atoms with E-state index in [0.717, 1.165) is 42.2 Å². The Kier molecular flexibility index (Phi) is 3.21. The van der Waals surface area contributed by atoms with Crippen LogP contribution in [0.5, 0.6) is 0 Å². The molecule has 0 bridgehead atoms. The summed E-state index contributed by atoms with van der Waals surface area (Å²) in [4.78, 5) is 15.7. The van der Waals surface area contributed by atoms with Gasteiger partial charge in [0.1, 0.15) is 10.8 Å². The van der Waals surface area contributed by atoms with Gasteiger partial charge < -0.3 is 4.90 Å². The lowest BCUT2D eigenvalue weighted by atomic mass is 10.1. The molecule has 3 rings (SSSR count). The first kappa shape index (κ1) is 12.5. The van der Waals surface area contributed by atoms with E-state index in [4.69, 9.17) is 11.6 Å². The Hall–Kier alpha value is -1.52. The van der Waals surface area contributed by atoms with Crippen molar-refractivity contribution in [3.8, 4) is 11.5 Å². The largest absolute Gasteiger partial charge is 0.302 e. The molecule has 2 aromatic heterocycles. The molecule has 5 heteroatoms. The summed E-state index contributed by atoms with van der Waals surface area (Å²) in [7, 11) is 2.08. The summed E-state index contributed by atoms with van der Waals surface area (Å²) in [5.74, 6) is 0.622. The molecule has 4 nitrogen and oxygen atoms in total. The second-order valence-electron chi connectivity index (χ2n) is 4.92. The molecule has 0 radical (unpaired) electrons. The molecule has 0 spiro atoms. The number of halogens is 1. The summed E-state index contributed by atoms with van der Waals surface area (Å²) in [6.07, 6.45) is 0.910. The zero-order valence-electron chi connectivity index (χ0n) is 11.0. The lowest BCUT2D eigenvalue weighted by Crippen LogP contribution is -2.28. The SMILES string of the molecule is Cc1cccc(-c2nc(Cl)c3c(n2)CCN(C)C3)n1. The van der Waals surface area contributed by atoms with Gasteiger partial charge in [-0.25, -0.2) is 15.0 Å². The van der Waals surface area contributed by atoms with Gasteiger partial charge in [0.05, 0.1) is 5.69 Å². The summed E-state index contributed by atoms with van der Waals surface area (Å²) in [6, 6.07) is 5.83. The van der Waals surface area contributed by atoms with E-state index in [1.165, 1.54) is 0 Å². The highest BCUT2D eigenvalue weighted by Gasteiger charge is 2.20. The lowest BCUT2D eigenvalue weighted by molar-refractivity contribution is 0.309. The molecule has 1 aliphatic heterocycles. The summed E-state index contributed by atoms with van der Waals surface area (Å²) in [5, 5.41) is 0.551. The fourth-order valence-electron chi connectivity index (χ4n) is 2.29. The fourth-order valence-corrected chi connectivity index (χ4v) is 2.54. The maximum atomic E-state index is 6.30. The highest BCUT2D eigenvalue weighted by molar-refractivity contribution is 6.30. The first-order valence-corrected chi connectivity index (χ1v) is 6.69. The molecule has 2 aromatic rings. The Balaban J connectivity index is 2.07. The van der Waals surface area contributed by atoms with Crippen molar-refractivity contribution in [3.05, 3.63) is 40.3 Å². The van der Waals surface area contributed by atoms with Gasteiger partial charge in [0.2, 0.25) is 0 Å². The average molecular weight is 275 g/mol. The zero-order chi connectivity index (χ0) is 13.4. The van der Waals surface area contributed by atoms with Crippen molar-refractivity contribution >= 4 is 11.6 Å².